The third-order valence-electron chi connectivity index (χ3n) is 2.44. The molecule has 0 saturated heterocycles. The lowest BCUT2D eigenvalue weighted by atomic mass is 10.0. The van der Waals surface area contributed by atoms with Crippen molar-refractivity contribution in [3.05, 3.63) is 23.9 Å². The number of nitrogens with two attached hydrogens (primary N) is 2. The van der Waals surface area contributed by atoms with Gasteiger partial charge in [0.2, 0.25) is 0 Å². The van der Waals surface area contributed by atoms with Crippen molar-refractivity contribution in [3.8, 4) is 0 Å². The fourth-order valence-electron chi connectivity index (χ4n) is 1.44. The SMILES string of the molecule is CS(=O)(=O)CCC(N)C(=O)Cc1ccnc(N)c1. The number of sulfone groups is 1. The Bertz CT molecular complexity index is 528. The molecule has 0 radical (unpaired) electrons. The van der Waals surface area contributed by atoms with Gasteiger partial charge >= 0.3 is 0 Å². The summed E-state index contributed by atoms with van der Waals surface area (Å²) in [4.78, 5) is 15.6. The Labute approximate surface area is 106 Å². The maximum atomic E-state index is 11.8. The van der Waals surface area contributed by atoms with Gasteiger partial charge in [0, 0.05) is 18.9 Å². The zero-order valence-electron chi connectivity index (χ0n) is 10.2. The lowest BCUT2D eigenvalue weighted by Gasteiger charge is -2.09. The van der Waals surface area contributed by atoms with Crippen LogP contribution in [0.2, 0.25) is 0 Å². The Hall–Kier alpha value is -1.47. The molecular weight excluding hydrogens is 254 g/mol. The van der Waals surface area contributed by atoms with E-state index in [0.717, 1.165) is 11.8 Å². The van der Waals surface area contributed by atoms with Crippen LogP contribution in [0.15, 0.2) is 18.3 Å². The molecule has 0 amide bonds. The molecule has 7 heteroatoms. The van der Waals surface area contributed by atoms with Gasteiger partial charge in [-0.05, 0) is 24.1 Å². The third kappa shape index (κ3) is 5.24. The molecule has 4 N–H and O–H groups in total. The Morgan fingerprint density at radius 1 is 1.50 bits per heavy atom. The minimum absolute atomic E-state index is 0.0849. The Balaban J connectivity index is 2.55. The van der Waals surface area contributed by atoms with Crippen molar-refractivity contribution in [1.82, 2.24) is 4.98 Å². The number of aromatic nitrogens is 1. The van der Waals surface area contributed by atoms with Crippen molar-refractivity contribution in [2.24, 2.45) is 5.73 Å². The van der Waals surface area contributed by atoms with Crippen molar-refractivity contribution in [1.29, 1.82) is 0 Å². The van der Waals surface area contributed by atoms with Crippen LogP contribution in [0, 0.1) is 0 Å². The standard InChI is InChI=1S/C11H17N3O3S/c1-18(16,17)5-3-9(12)10(15)6-8-2-4-14-11(13)7-8/h2,4,7,9H,3,5-6,12H2,1H3,(H2,13,14). The molecule has 0 aromatic carbocycles. The summed E-state index contributed by atoms with van der Waals surface area (Å²) in [7, 11) is -3.09. The van der Waals surface area contributed by atoms with E-state index in [1.165, 1.54) is 6.20 Å². The highest BCUT2D eigenvalue weighted by Gasteiger charge is 2.16. The van der Waals surface area contributed by atoms with Crippen LogP contribution in [0.3, 0.4) is 0 Å². The van der Waals surface area contributed by atoms with E-state index >= 15 is 0 Å². The van der Waals surface area contributed by atoms with Crippen LogP contribution in [0.1, 0.15) is 12.0 Å². The number of anilines is 1. The van der Waals surface area contributed by atoms with E-state index in [0.29, 0.717) is 5.82 Å². The maximum Gasteiger partial charge on any atom is 0.153 e. The van der Waals surface area contributed by atoms with Gasteiger partial charge in [0.05, 0.1) is 11.8 Å². The molecule has 0 bridgehead atoms. The van der Waals surface area contributed by atoms with Crippen LogP contribution in [-0.2, 0) is 21.1 Å². The molecule has 0 fully saturated rings. The number of ketones is 1. The lowest BCUT2D eigenvalue weighted by molar-refractivity contribution is -0.119. The van der Waals surface area contributed by atoms with E-state index in [1.54, 1.807) is 12.1 Å². The fraction of sp³-hybridized carbons (Fsp3) is 0.455. The Morgan fingerprint density at radius 2 is 2.17 bits per heavy atom. The van der Waals surface area contributed by atoms with E-state index in [4.69, 9.17) is 11.5 Å². The molecule has 0 saturated carbocycles. The van der Waals surface area contributed by atoms with Gasteiger partial charge in [0.15, 0.2) is 5.78 Å². The molecule has 0 aliphatic rings. The summed E-state index contributed by atoms with van der Waals surface area (Å²) >= 11 is 0. The zero-order chi connectivity index (χ0) is 13.8. The molecular formula is C11H17N3O3S. The second kappa shape index (κ2) is 5.92. The molecule has 1 aromatic rings. The van der Waals surface area contributed by atoms with Crippen LogP contribution in [0.4, 0.5) is 5.82 Å². The van der Waals surface area contributed by atoms with Crippen molar-refractivity contribution in [2.75, 3.05) is 17.7 Å². The van der Waals surface area contributed by atoms with E-state index in [9.17, 15) is 13.2 Å². The number of pyridine rings is 1. The average Bonchev–Trinajstić information content (AvgIpc) is 2.24. The largest absolute Gasteiger partial charge is 0.384 e. The highest BCUT2D eigenvalue weighted by Crippen LogP contribution is 2.06. The molecule has 0 spiro atoms. The summed E-state index contributed by atoms with van der Waals surface area (Å²) < 4.78 is 21.9. The van der Waals surface area contributed by atoms with Crippen LogP contribution >= 0.6 is 0 Å². The molecule has 18 heavy (non-hydrogen) atoms. The van der Waals surface area contributed by atoms with E-state index in [2.05, 4.69) is 4.98 Å². The second-order valence-electron chi connectivity index (χ2n) is 4.26. The lowest BCUT2D eigenvalue weighted by Crippen LogP contribution is -2.33. The molecule has 100 valence electrons. The molecule has 1 atom stereocenters. The van der Waals surface area contributed by atoms with E-state index < -0.39 is 15.9 Å². The molecule has 6 nitrogen and oxygen atoms in total. The van der Waals surface area contributed by atoms with Gasteiger partial charge in [-0.1, -0.05) is 0 Å². The van der Waals surface area contributed by atoms with E-state index in [-0.39, 0.29) is 24.4 Å². The van der Waals surface area contributed by atoms with Crippen molar-refractivity contribution < 1.29 is 13.2 Å². The van der Waals surface area contributed by atoms with Crippen LogP contribution in [0.5, 0.6) is 0 Å². The smallest absolute Gasteiger partial charge is 0.153 e. The summed E-state index contributed by atoms with van der Waals surface area (Å²) in [6.45, 7) is 0. The topological polar surface area (TPSA) is 116 Å². The predicted molar refractivity (Wildman–Crippen MR) is 69.7 cm³/mol. The minimum atomic E-state index is -3.09. The first-order valence-corrected chi connectivity index (χ1v) is 7.50. The summed E-state index contributed by atoms with van der Waals surface area (Å²) in [6.07, 6.45) is 2.91. The number of Topliss-reactive ketones (excluding diaryl/α,β-unsaturated/α-hetero) is 1. The highest BCUT2D eigenvalue weighted by atomic mass is 32.2. The number of carbonyl (C=O) groups excluding carboxylic acids is 1. The maximum absolute atomic E-state index is 11.8. The van der Waals surface area contributed by atoms with Crippen molar-refractivity contribution in [3.63, 3.8) is 0 Å². The van der Waals surface area contributed by atoms with Gasteiger partial charge < -0.3 is 11.5 Å². The van der Waals surface area contributed by atoms with Gasteiger partial charge in [0.1, 0.15) is 15.7 Å². The van der Waals surface area contributed by atoms with Crippen molar-refractivity contribution >= 4 is 21.4 Å². The quantitative estimate of drug-likeness (QED) is 0.723. The molecule has 0 aliphatic carbocycles. The highest BCUT2D eigenvalue weighted by molar-refractivity contribution is 7.90. The number of hydrogen-bond acceptors (Lipinski definition) is 6. The summed E-state index contributed by atoms with van der Waals surface area (Å²) in [5.41, 5.74) is 11.9. The van der Waals surface area contributed by atoms with Gasteiger partial charge in [-0.2, -0.15) is 0 Å². The first-order chi connectivity index (χ1) is 8.28. The zero-order valence-corrected chi connectivity index (χ0v) is 11.0. The molecule has 1 aromatic heterocycles. The minimum Gasteiger partial charge on any atom is -0.384 e. The Morgan fingerprint density at radius 3 is 2.72 bits per heavy atom. The first kappa shape index (κ1) is 14.6. The monoisotopic (exact) mass is 271 g/mol. The fourth-order valence-corrected chi connectivity index (χ4v) is 2.12. The summed E-state index contributed by atoms with van der Waals surface area (Å²) in [5.74, 6) is 0.0486. The number of rotatable bonds is 6. The third-order valence-corrected chi connectivity index (χ3v) is 3.41. The molecule has 1 heterocycles. The van der Waals surface area contributed by atoms with Gasteiger partial charge in [-0.3, -0.25) is 4.79 Å². The van der Waals surface area contributed by atoms with Gasteiger partial charge in [-0.25, -0.2) is 13.4 Å². The summed E-state index contributed by atoms with van der Waals surface area (Å²) in [5, 5.41) is 0. The van der Waals surface area contributed by atoms with Crippen molar-refractivity contribution in [2.45, 2.75) is 18.9 Å². The van der Waals surface area contributed by atoms with Crippen LogP contribution in [-0.4, -0.2) is 37.2 Å². The molecule has 0 aliphatic heterocycles. The number of nitrogen functional groups attached to an aromatic ring is 1. The number of hydrogen-bond donors (Lipinski definition) is 2. The molecule has 1 unspecified atom stereocenters. The Kier molecular flexibility index (Phi) is 4.80. The predicted octanol–water partition coefficient (Wildman–Crippen LogP) is -0.463. The molecule has 1 rings (SSSR count). The van der Waals surface area contributed by atoms with Gasteiger partial charge in [-0.15, -0.1) is 0 Å². The normalized spacial score (nSPS) is 13.2. The number of carbonyl (C=O) groups is 1. The second-order valence-corrected chi connectivity index (χ2v) is 6.52. The van der Waals surface area contributed by atoms with Crippen LogP contribution < -0.4 is 11.5 Å². The summed E-state index contributed by atoms with van der Waals surface area (Å²) in [6, 6.07) is 2.51. The van der Waals surface area contributed by atoms with E-state index in [1.807, 2.05) is 0 Å². The van der Waals surface area contributed by atoms with Gasteiger partial charge in [0.25, 0.3) is 0 Å². The van der Waals surface area contributed by atoms with Crippen LogP contribution in [0.25, 0.3) is 0 Å². The number of nitrogens with zero attached hydrogens (tertiary/aromatic N) is 1. The average molecular weight is 271 g/mol. The first-order valence-electron chi connectivity index (χ1n) is 5.44.